The monoisotopic (exact) mass is 528 g/mol. The molecule has 3 aromatic carbocycles. The van der Waals surface area contributed by atoms with E-state index in [9.17, 15) is 0 Å². The molecule has 1 heterocycles. The van der Waals surface area contributed by atoms with Crippen molar-refractivity contribution in [2.45, 2.75) is 79.1 Å². The lowest BCUT2D eigenvalue weighted by molar-refractivity contribution is 0.132. The zero-order chi connectivity index (χ0) is 28.4. The van der Waals surface area contributed by atoms with E-state index >= 15 is 0 Å². The van der Waals surface area contributed by atoms with E-state index in [1.54, 1.807) is 0 Å². The summed E-state index contributed by atoms with van der Waals surface area (Å²) < 4.78 is 38.4. The van der Waals surface area contributed by atoms with Crippen LogP contribution in [0.2, 0.25) is 0 Å². The number of hydrogen-bond donors (Lipinski definition) is 0. The van der Waals surface area contributed by atoms with Crippen molar-refractivity contribution < 1.29 is 27.9 Å². The first kappa shape index (κ1) is 29.1. The fourth-order valence-electron chi connectivity index (χ4n) is 4.17. The van der Waals surface area contributed by atoms with Crippen molar-refractivity contribution in [1.82, 2.24) is 0 Å². The molecule has 39 heavy (non-hydrogen) atoms. The molecule has 0 amide bonds. The summed E-state index contributed by atoms with van der Waals surface area (Å²) in [7, 11) is -2.34. The second-order valence-electron chi connectivity index (χ2n) is 12.7. The van der Waals surface area contributed by atoms with Crippen LogP contribution in [0.5, 0.6) is 17.2 Å². The lowest BCUT2D eigenvalue weighted by atomic mass is 9.61. The van der Waals surface area contributed by atoms with Gasteiger partial charge in [-0.3, -0.25) is 0 Å². The van der Waals surface area contributed by atoms with Crippen molar-refractivity contribution in [2.75, 3.05) is 0 Å². The number of benzene rings is 3. The highest BCUT2D eigenvalue weighted by Crippen LogP contribution is 2.24. The summed E-state index contributed by atoms with van der Waals surface area (Å²) in [4.78, 5) is 0. The van der Waals surface area contributed by atoms with Gasteiger partial charge < -0.3 is 27.9 Å². The third-order valence-electron chi connectivity index (χ3n) is 5.51. The topological polar surface area (TPSA) is 55.4 Å². The minimum Gasteiger partial charge on any atom is -0.489 e. The predicted molar refractivity (Wildman–Crippen MR) is 160 cm³/mol. The van der Waals surface area contributed by atoms with Gasteiger partial charge in [0.2, 0.25) is 0 Å². The zero-order valence-electron chi connectivity index (χ0n) is 24.6. The number of rotatable bonds is 6. The van der Waals surface area contributed by atoms with Gasteiger partial charge in [-0.05, 0) is 80.5 Å². The molecule has 204 valence electrons. The molecule has 4 rings (SSSR count). The largest absolute Gasteiger partial charge is 0.489 e. The van der Waals surface area contributed by atoms with Crippen molar-refractivity contribution in [1.29, 1.82) is 0 Å². The van der Waals surface area contributed by atoms with Crippen LogP contribution in [0.15, 0.2) is 72.8 Å². The molecule has 0 unspecified atom stereocenters. The molecule has 0 atom stereocenters. The molecule has 0 bridgehead atoms. The number of para-hydroxylation sites is 3. The van der Waals surface area contributed by atoms with E-state index in [-0.39, 0.29) is 0 Å². The van der Waals surface area contributed by atoms with E-state index in [0.29, 0.717) is 17.2 Å². The molecule has 1 aliphatic heterocycles. The molecule has 0 aliphatic carbocycles. The van der Waals surface area contributed by atoms with E-state index in [1.807, 2.05) is 135 Å². The molecule has 3 aromatic rings. The Kier molecular flexibility index (Phi) is 8.45. The lowest BCUT2D eigenvalue weighted by Crippen LogP contribution is -2.62. The summed E-state index contributed by atoms with van der Waals surface area (Å²) in [5.74, 6) is 2.06. The Hall–Kier alpha value is -2.87. The highest BCUT2D eigenvalue weighted by atomic mass is 16.7. The molecule has 1 aliphatic rings. The van der Waals surface area contributed by atoms with Crippen LogP contribution in [0.3, 0.4) is 0 Å². The normalized spacial score (nSPS) is 14.8. The van der Waals surface area contributed by atoms with Gasteiger partial charge >= 0.3 is 21.4 Å². The molecule has 0 spiro atoms. The molecule has 1 fully saturated rings. The van der Waals surface area contributed by atoms with Gasteiger partial charge in [0.05, 0.1) is 0 Å². The van der Waals surface area contributed by atoms with E-state index in [4.69, 9.17) is 27.9 Å². The molecule has 0 aromatic heterocycles. The minimum absolute atomic E-state index is 0.402. The standard InChI is InChI=1S/C30H39B3O6/c1-28(2,3)34-25-19-13-10-16-22(25)31-37-32(23-17-11-14-20-26(23)35-29(4,5)6)39-33(38-31)24-18-12-15-21-27(24)36-30(7,8)9/h10-21H,1-9H3. The summed E-state index contributed by atoms with van der Waals surface area (Å²) in [6.07, 6.45) is 0. The van der Waals surface area contributed by atoms with E-state index < -0.39 is 38.2 Å². The molecule has 6 nitrogen and oxygen atoms in total. The fourth-order valence-corrected chi connectivity index (χ4v) is 4.17. The van der Waals surface area contributed by atoms with E-state index in [1.165, 1.54) is 0 Å². The van der Waals surface area contributed by atoms with Crippen molar-refractivity contribution in [3.63, 3.8) is 0 Å². The zero-order valence-corrected chi connectivity index (χ0v) is 24.6. The van der Waals surface area contributed by atoms with Crippen LogP contribution >= 0.6 is 0 Å². The lowest BCUT2D eigenvalue weighted by Gasteiger charge is -2.34. The third-order valence-corrected chi connectivity index (χ3v) is 5.51. The molecule has 1 saturated heterocycles. The van der Waals surface area contributed by atoms with Crippen molar-refractivity contribution in [3.8, 4) is 17.2 Å². The summed E-state index contributed by atoms with van der Waals surface area (Å²) in [5.41, 5.74) is 1.11. The Balaban J connectivity index is 1.79. The first-order chi connectivity index (χ1) is 18.2. The SMILES string of the molecule is CC(C)(C)Oc1ccccc1B1OB(c2ccccc2OC(C)(C)C)OB(c2ccccc2OC(C)(C)C)O1. The summed E-state index contributed by atoms with van der Waals surface area (Å²) in [5, 5.41) is 0. The quantitative estimate of drug-likeness (QED) is 0.431. The molecular weight excluding hydrogens is 489 g/mol. The van der Waals surface area contributed by atoms with Crippen LogP contribution in [0.4, 0.5) is 0 Å². The maximum atomic E-state index is 6.52. The van der Waals surface area contributed by atoms with Crippen LogP contribution < -0.4 is 30.6 Å². The molecule has 0 N–H and O–H groups in total. The second-order valence-corrected chi connectivity index (χ2v) is 12.7. The van der Waals surface area contributed by atoms with E-state index in [2.05, 4.69) is 0 Å². The van der Waals surface area contributed by atoms with Gasteiger partial charge in [0, 0.05) is 16.4 Å². The molecular formula is C30H39B3O6. The van der Waals surface area contributed by atoms with Gasteiger partial charge in [-0.25, -0.2) is 0 Å². The molecule has 0 radical (unpaired) electrons. The Bertz CT molecular complexity index is 1100. The molecule has 0 saturated carbocycles. The Labute approximate surface area is 234 Å². The number of hydrogen-bond acceptors (Lipinski definition) is 6. The Morgan fingerprint density at radius 1 is 0.410 bits per heavy atom. The van der Waals surface area contributed by atoms with E-state index in [0.717, 1.165) is 16.4 Å². The first-order valence-electron chi connectivity index (χ1n) is 13.5. The maximum Gasteiger partial charge on any atom is 0.470 e. The van der Waals surface area contributed by atoms with Crippen molar-refractivity contribution >= 4 is 37.7 Å². The smallest absolute Gasteiger partial charge is 0.470 e. The summed E-state index contributed by atoms with van der Waals surface area (Å²) >= 11 is 0. The molecule has 9 heteroatoms. The number of ether oxygens (including phenoxy) is 3. The second kappa shape index (κ2) is 11.3. The summed E-state index contributed by atoms with van der Waals surface area (Å²) in [6.45, 7) is 18.1. The Morgan fingerprint density at radius 2 is 0.641 bits per heavy atom. The van der Waals surface area contributed by atoms with Crippen LogP contribution in [-0.4, -0.2) is 38.2 Å². The van der Waals surface area contributed by atoms with Gasteiger partial charge in [0.25, 0.3) is 0 Å². The van der Waals surface area contributed by atoms with Crippen LogP contribution in [0.1, 0.15) is 62.3 Å². The van der Waals surface area contributed by atoms with Crippen LogP contribution in [-0.2, 0) is 13.7 Å². The highest BCUT2D eigenvalue weighted by Gasteiger charge is 2.47. The Morgan fingerprint density at radius 3 is 0.872 bits per heavy atom. The average molecular weight is 528 g/mol. The van der Waals surface area contributed by atoms with Gasteiger partial charge in [-0.1, -0.05) is 54.6 Å². The summed E-state index contributed by atoms with van der Waals surface area (Å²) in [6, 6.07) is 23.3. The fraction of sp³-hybridized carbons (Fsp3) is 0.400. The van der Waals surface area contributed by atoms with Gasteiger partial charge in [0.15, 0.2) is 0 Å². The van der Waals surface area contributed by atoms with Gasteiger partial charge in [-0.15, -0.1) is 0 Å². The first-order valence-corrected chi connectivity index (χ1v) is 13.5. The predicted octanol–water partition coefficient (Wildman–Crippen LogP) is 4.77. The van der Waals surface area contributed by atoms with Crippen molar-refractivity contribution in [2.24, 2.45) is 0 Å². The van der Waals surface area contributed by atoms with Crippen molar-refractivity contribution in [3.05, 3.63) is 72.8 Å². The van der Waals surface area contributed by atoms with Crippen LogP contribution in [0, 0.1) is 0 Å². The third kappa shape index (κ3) is 8.07. The maximum absolute atomic E-state index is 6.52. The minimum atomic E-state index is -0.780. The van der Waals surface area contributed by atoms with Crippen LogP contribution in [0.25, 0.3) is 0 Å². The highest BCUT2D eigenvalue weighted by molar-refractivity contribution is 6.88. The van der Waals surface area contributed by atoms with Gasteiger partial charge in [-0.2, -0.15) is 0 Å². The average Bonchev–Trinajstić information content (AvgIpc) is 2.82. The van der Waals surface area contributed by atoms with Gasteiger partial charge in [0.1, 0.15) is 34.1 Å².